The average molecular weight is 455 g/mol. The van der Waals surface area contributed by atoms with Crippen LogP contribution in [0.3, 0.4) is 0 Å². The first-order valence-corrected chi connectivity index (χ1v) is 10.1. The van der Waals surface area contributed by atoms with Crippen molar-refractivity contribution in [2.45, 2.75) is 13.1 Å². The van der Waals surface area contributed by atoms with E-state index in [0.29, 0.717) is 40.1 Å². The zero-order valence-corrected chi connectivity index (χ0v) is 18.5. The number of carbonyl (C=O) groups excluding carboxylic acids is 1. The molecule has 9 nitrogen and oxygen atoms in total. The lowest BCUT2D eigenvalue weighted by Crippen LogP contribution is -2.14. The molecule has 0 saturated carbocycles. The summed E-state index contributed by atoms with van der Waals surface area (Å²) in [6.45, 7) is 4.46. The minimum atomic E-state index is -0.210. The lowest BCUT2D eigenvalue weighted by Gasteiger charge is -2.12. The molecule has 0 unspecified atom stereocenters. The van der Waals surface area contributed by atoms with E-state index in [2.05, 4.69) is 16.9 Å². The Morgan fingerprint density at radius 1 is 1.25 bits per heavy atom. The van der Waals surface area contributed by atoms with Crippen molar-refractivity contribution in [2.24, 2.45) is 0 Å². The topological polar surface area (TPSA) is 88.8 Å². The molecule has 166 valence electrons. The summed E-state index contributed by atoms with van der Waals surface area (Å²) in [6.07, 6.45) is 3.58. The number of carbonyl (C=O) groups is 1. The van der Waals surface area contributed by atoms with Gasteiger partial charge in [0.15, 0.2) is 22.1 Å². The van der Waals surface area contributed by atoms with Gasteiger partial charge in [-0.1, -0.05) is 6.08 Å². The number of fused-ring (bicyclic) bond motifs is 1. The number of benzene rings is 1. The highest BCUT2D eigenvalue weighted by Crippen LogP contribution is 2.35. The van der Waals surface area contributed by atoms with Crippen molar-refractivity contribution in [1.82, 2.24) is 14.1 Å². The van der Waals surface area contributed by atoms with Crippen LogP contribution < -0.4 is 24.3 Å². The van der Waals surface area contributed by atoms with Crippen LogP contribution in [0.4, 0.5) is 11.5 Å². The molecule has 0 radical (unpaired) electrons. The normalized spacial score (nSPS) is 11.8. The van der Waals surface area contributed by atoms with Crippen molar-refractivity contribution in [1.29, 1.82) is 0 Å². The van der Waals surface area contributed by atoms with Crippen molar-refractivity contribution in [2.75, 3.05) is 26.3 Å². The second kappa shape index (κ2) is 9.15. The maximum Gasteiger partial charge on any atom is 0.231 e. The fraction of sp³-hybridized carbons (Fsp3) is 0.227. The van der Waals surface area contributed by atoms with E-state index in [-0.39, 0.29) is 25.0 Å². The maximum absolute atomic E-state index is 13.1. The number of pyridine rings is 1. The Kier molecular flexibility index (Phi) is 6.13. The first kappa shape index (κ1) is 21.4. The van der Waals surface area contributed by atoms with Crippen LogP contribution in [0, 0.1) is 4.77 Å². The number of imidazole rings is 1. The predicted molar refractivity (Wildman–Crippen MR) is 121 cm³/mol. The van der Waals surface area contributed by atoms with Crippen LogP contribution in [0.5, 0.6) is 23.3 Å². The molecule has 0 atom stereocenters. The molecule has 2 aromatic heterocycles. The third-order valence-corrected chi connectivity index (χ3v) is 5.31. The molecule has 4 rings (SSSR count). The van der Waals surface area contributed by atoms with Gasteiger partial charge in [0.05, 0.1) is 26.3 Å². The first-order chi connectivity index (χ1) is 15.5. The molecular formula is C22H22N4O5S. The van der Waals surface area contributed by atoms with Crippen molar-refractivity contribution in [3.05, 3.63) is 59.5 Å². The minimum Gasteiger partial charge on any atom is -0.481 e. The third kappa shape index (κ3) is 4.17. The Bertz CT molecular complexity index is 1230. The summed E-state index contributed by atoms with van der Waals surface area (Å²) in [5.41, 5.74) is 1.10. The van der Waals surface area contributed by atoms with E-state index in [1.807, 2.05) is 29.0 Å². The molecule has 0 aliphatic carbocycles. The van der Waals surface area contributed by atoms with Crippen molar-refractivity contribution >= 4 is 29.5 Å². The average Bonchev–Trinajstić information content (AvgIpc) is 3.38. The van der Waals surface area contributed by atoms with Gasteiger partial charge in [0.25, 0.3) is 0 Å². The fourth-order valence-corrected chi connectivity index (χ4v) is 3.60. The zero-order chi connectivity index (χ0) is 22.7. The molecule has 1 aromatic carbocycles. The smallest absolute Gasteiger partial charge is 0.231 e. The Balaban J connectivity index is 1.66. The van der Waals surface area contributed by atoms with Gasteiger partial charge < -0.3 is 28.8 Å². The fourth-order valence-electron chi connectivity index (χ4n) is 3.31. The lowest BCUT2D eigenvalue weighted by atomic mass is 10.1. The van der Waals surface area contributed by atoms with Gasteiger partial charge in [-0.3, -0.25) is 9.36 Å². The summed E-state index contributed by atoms with van der Waals surface area (Å²) in [6, 6.07) is 8.76. The monoisotopic (exact) mass is 454 g/mol. The van der Waals surface area contributed by atoms with Crippen LogP contribution in [0.15, 0.2) is 49.2 Å². The number of ketones is 1. The number of allylic oxidation sites excluding steroid dienone is 1. The summed E-state index contributed by atoms with van der Waals surface area (Å²) < 4.78 is 25.2. The van der Waals surface area contributed by atoms with Crippen LogP contribution in [0.2, 0.25) is 0 Å². The third-order valence-electron chi connectivity index (χ3n) is 4.86. The van der Waals surface area contributed by atoms with Gasteiger partial charge in [-0.25, -0.2) is 0 Å². The second-order valence-corrected chi connectivity index (χ2v) is 7.22. The predicted octanol–water partition coefficient (Wildman–Crippen LogP) is 3.97. The van der Waals surface area contributed by atoms with Crippen LogP contribution in [0.25, 0.3) is 0 Å². The molecule has 1 aliphatic rings. The Hall–Kier alpha value is -3.79. The molecule has 3 heterocycles. The molecule has 1 aliphatic heterocycles. The summed E-state index contributed by atoms with van der Waals surface area (Å²) in [4.78, 5) is 17.3. The largest absolute Gasteiger partial charge is 0.481 e. The zero-order valence-electron chi connectivity index (χ0n) is 17.7. The molecule has 0 bridgehead atoms. The van der Waals surface area contributed by atoms with E-state index in [0.717, 1.165) is 5.69 Å². The van der Waals surface area contributed by atoms with Crippen molar-refractivity contribution < 1.29 is 23.7 Å². The van der Waals surface area contributed by atoms with Crippen LogP contribution in [0.1, 0.15) is 10.4 Å². The standard InChI is InChI=1S/C22H22N4O5S/c1-4-9-25-12-19(23-14-5-7-17-18(10-14)31-13-30-17)26(22(25)32)11-16(27)15-6-8-20(28-2)24-21(15)29-3/h4-8,10,12,23H,1,9,11,13H2,2-3H3. The Labute approximate surface area is 189 Å². The molecule has 0 saturated heterocycles. The van der Waals surface area contributed by atoms with Gasteiger partial charge in [0.1, 0.15) is 5.82 Å². The molecule has 32 heavy (non-hydrogen) atoms. The highest BCUT2D eigenvalue weighted by atomic mass is 32.1. The molecule has 0 amide bonds. The lowest BCUT2D eigenvalue weighted by molar-refractivity contribution is 0.0968. The summed E-state index contributed by atoms with van der Waals surface area (Å²) >= 11 is 5.62. The number of nitrogens with one attached hydrogen (secondary N) is 1. The first-order valence-electron chi connectivity index (χ1n) is 9.73. The highest BCUT2D eigenvalue weighted by molar-refractivity contribution is 7.71. The van der Waals surface area contributed by atoms with Gasteiger partial charge in [-0.05, 0) is 30.4 Å². The number of hydrogen-bond acceptors (Lipinski definition) is 8. The molecule has 10 heteroatoms. The number of ether oxygens (including phenoxy) is 4. The van der Waals surface area contributed by atoms with E-state index in [1.54, 1.807) is 22.8 Å². The number of anilines is 2. The highest BCUT2D eigenvalue weighted by Gasteiger charge is 2.19. The maximum atomic E-state index is 13.1. The molecule has 3 aromatic rings. The van der Waals surface area contributed by atoms with Gasteiger partial charge in [0, 0.05) is 30.6 Å². The number of nitrogens with zero attached hydrogens (tertiary/aromatic N) is 3. The Morgan fingerprint density at radius 2 is 2.06 bits per heavy atom. The van der Waals surface area contributed by atoms with Gasteiger partial charge >= 0.3 is 0 Å². The molecule has 0 spiro atoms. The number of methoxy groups -OCH3 is 2. The van der Waals surface area contributed by atoms with Gasteiger partial charge in [-0.15, -0.1) is 6.58 Å². The van der Waals surface area contributed by atoms with E-state index in [9.17, 15) is 4.79 Å². The van der Waals surface area contributed by atoms with Gasteiger partial charge in [-0.2, -0.15) is 4.98 Å². The summed E-state index contributed by atoms with van der Waals surface area (Å²) in [7, 11) is 2.95. The SMILES string of the molecule is C=CCn1cc(Nc2ccc3c(c2)OCO3)n(CC(=O)c2ccc(OC)nc2OC)c1=S. The van der Waals surface area contributed by atoms with Gasteiger partial charge in [0.2, 0.25) is 18.6 Å². The van der Waals surface area contributed by atoms with Crippen molar-refractivity contribution in [3.63, 3.8) is 0 Å². The Morgan fingerprint density at radius 3 is 2.81 bits per heavy atom. The number of Topliss-reactive ketones (excluding diaryl/α,β-unsaturated/α-hetero) is 1. The van der Waals surface area contributed by atoms with E-state index in [1.165, 1.54) is 14.2 Å². The van der Waals surface area contributed by atoms with Crippen LogP contribution >= 0.6 is 12.2 Å². The number of hydrogen-bond donors (Lipinski definition) is 1. The quantitative estimate of drug-likeness (QED) is 0.295. The molecular weight excluding hydrogens is 432 g/mol. The van der Waals surface area contributed by atoms with Crippen LogP contribution in [-0.4, -0.2) is 40.9 Å². The molecule has 1 N–H and O–H groups in total. The second-order valence-electron chi connectivity index (χ2n) is 6.85. The van der Waals surface area contributed by atoms with E-state index >= 15 is 0 Å². The van der Waals surface area contributed by atoms with Crippen LogP contribution in [-0.2, 0) is 13.1 Å². The number of rotatable bonds is 9. The minimum absolute atomic E-state index is 0.0137. The number of aromatic nitrogens is 3. The molecule has 0 fully saturated rings. The summed E-state index contributed by atoms with van der Waals surface area (Å²) in [5, 5.41) is 3.31. The van der Waals surface area contributed by atoms with E-state index < -0.39 is 0 Å². The van der Waals surface area contributed by atoms with Crippen molar-refractivity contribution in [3.8, 4) is 23.3 Å². The van der Waals surface area contributed by atoms with E-state index in [4.69, 9.17) is 31.2 Å². The summed E-state index contributed by atoms with van der Waals surface area (Å²) in [5.74, 6) is 2.32.